The Kier molecular flexibility index (Phi) is 5.91. The molecule has 0 saturated heterocycles. The second kappa shape index (κ2) is 9.29. The number of ether oxygens (including phenoxy) is 1. The molecule has 1 aliphatic heterocycles. The minimum Gasteiger partial charge on any atom is -0.493 e. The topological polar surface area (TPSA) is 99.3 Å². The third-order valence-corrected chi connectivity index (χ3v) is 8.55. The van der Waals surface area contributed by atoms with Crippen LogP contribution in [0, 0.1) is 19.7 Å². The summed E-state index contributed by atoms with van der Waals surface area (Å²) in [6.45, 7) is 4.17. The third kappa shape index (κ3) is 4.01. The number of nitrogens with zero attached hydrogens (tertiary/aromatic N) is 5. The third-order valence-electron chi connectivity index (χ3n) is 6.85. The second-order valence-electron chi connectivity index (χ2n) is 9.19. The maximum atomic E-state index is 14.8. The van der Waals surface area contributed by atoms with Crippen LogP contribution in [-0.2, 0) is 29.1 Å². The maximum Gasteiger partial charge on any atom is 0.226 e. The van der Waals surface area contributed by atoms with Gasteiger partial charge in [-0.05, 0) is 50.1 Å². The number of sulfone groups is 1. The van der Waals surface area contributed by atoms with E-state index >= 15 is 0 Å². The van der Waals surface area contributed by atoms with E-state index in [-0.39, 0.29) is 15.7 Å². The van der Waals surface area contributed by atoms with Crippen molar-refractivity contribution in [2.45, 2.75) is 43.0 Å². The number of rotatable bonds is 6. The Morgan fingerprint density at radius 2 is 1.76 bits per heavy atom. The number of aryl methyl sites for hydroxylation is 3. The summed E-state index contributed by atoms with van der Waals surface area (Å²) >= 11 is 0. The van der Waals surface area contributed by atoms with Crippen LogP contribution in [0.3, 0.4) is 0 Å². The van der Waals surface area contributed by atoms with Crippen LogP contribution in [0.1, 0.15) is 28.5 Å². The van der Waals surface area contributed by atoms with Gasteiger partial charge >= 0.3 is 0 Å². The Balaban J connectivity index is 1.51. The van der Waals surface area contributed by atoms with Crippen LogP contribution in [0.25, 0.3) is 16.6 Å². The van der Waals surface area contributed by atoms with Gasteiger partial charge in [-0.15, -0.1) is 0 Å². The number of fused-ring (bicyclic) bond motifs is 2. The summed E-state index contributed by atoms with van der Waals surface area (Å²) in [7, 11) is -3.95. The number of imidazole rings is 1. The van der Waals surface area contributed by atoms with Gasteiger partial charge in [0.05, 0.1) is 17.0 Å². The van der Waals surface area contributed by atoms with Crippen molar-refractivity contribution in [2.24, 2.45) is 0 Å². The van der Waals surface area contributed by atoms with Crippen LogP contribution >= 0.6 is 0 Å². The summed E-state index contributed by atoms with van der Waals surface area (Å²) in [5, 5.41) is -0.0810. The molecule has 0 unspecified atom stereocenters. The van der Waals surface area contributed by atoms with Crippen LogP contribution in [0.5, 0.6) is 5.75 Å². The number of hydrogen-bond donors (Lipinski definition) is 0. The summed E-state index contributed by atoms with van der Waals surface area (Å²) in [4.78, 5) is 18.0. The average molecular weight is 530 g/mol. The summed E-state index contributed by atoms with van der Waals surface area (Å²) in [5.74, 6) is 1.60. The van der Waals surface area contributed by atoms with Gasteiger partial charge in [0, 0.05) is 47.6 Å². The zero-order valence-corrected chi connectivity index (χ0v) is 21.7. The molecule has 6 rings (SSSR count). The molecule has 38 heavy (non-hydrogen) atoms. The Morgan fingerprint density at radius 1 is 0.974 bits per heavy atom. The Hall–Kier alpha value is -4.18. The summed E-state index contributed by atoms with van der Waals surface area (Å²) < 4.78 is 49.5. The first-order valence-electron chi connectivity index (χ1n) is 12.2. The summed E-state index contributed by atoms with van der Waals surface area (Å²) in [5.41, 5.74) is 3.77. The lowest BCUT2D eigenvalue weighted by atomic mass is 10.00. The van der Waals surface area contributed by atoms with Crippen molar-refractivity contribution in [2.75, 3.05) is 6.61 Å². The molecule has 8 nitrogen and oxygen atoms in total. The fraction of sp³-hybridized carbons (Fsp3) is 0.214. The van der Waals surface area contributed by atoms with Crippen molar-refractivity contribution in [3.05, 3.63) is 95.5 Å². The highest BCUT2D eigenvalue weighted by Gasteiger charge is 2.28. The second-order valence-corrected chi connectivity index (χ2v) is 11.1. The van der Waals surface area contributed by atoms with Gasteiger partial charge in [0.15, 0.2) is 5.03 Å². The van der Waals surface area contributed by atoms with E-state index in [4.69, 9.17) is 4.74 Å². The van der Waals surface area contributed by atoms with Crippen molar-refractivity contribution < 1.29 is 17.5 Å². The first-order valence-corrected chi connectivity index (χ1v) is 13.7. The lowest BCUT2D eigenvalue weighted by Crippen LogP contribution is -2.08. The minimum atomic E-state index is -3.95. The first kappa shape index (κ1) is 24.2. The molecule has 192 valence electrons. The zero-order chi connectivity index (χ0) is 26.4. The highest BCUT2D eigenvalue weighted by Crippen LogP contribution is 2.34. The molecule has 0 saturated carbocycles. The van der Waals surface area contributed by atoms with Gasteiger partial charge in [-0.3, -0.25) is 4.40 Å². The van der Waals surface area contributed by atoms with Crippen LogP contribution in [-0.4, -0.2) is 39.4 Å². The molecule has 3 aromatic heterocycles. The predicted molar refractivity (Wildman–Crippen MR) is 138 cm³/mol. The Bertz CT molecular complexity index is 1800. The lowest BCUT2D eigenvalue weighted by molar-refractivity contribution is 0.356. The molecule has 10 heteroatoms. The number of halogens is 1. The van der Waals surface area contributed by atoms with E-state index in [0.29, 0.717) is 71.2 Å². The molecule has 0 bridgehead atoms. The largest absolute Gasteiger partial charge is 0.493 e. The van der Waals surface area contributed by atoms with Gasteiger partial charge in [-0.1, -0.05) is 18.2 Å². The molecule has 1 aliphatic rings. The van der Waals surface area contributed by atoms with Crippen LogP contribution in [0.15, 0.2) is 71.1 Å². The zero-order valence-electron chi connectivity index (χ0n) is 20.8. The van der Waals surface area contributed by atoms with Gasteiger partial charge in [-0.25, -0.2) is 32.7 Å². The van der Waals surface area contributed by atoms with E-state index in [1.165, 1.54) is 12.4 Å². The molecule has 0 fully saturated rings. The lowest BCUT2D eigenvalue weighted by Gasteiger charge is -2.13. The molecular formula is C28H24FN5O3S. The number of benzene rings is 2. The summed E-state index contributed by atoms with van der Waals surface area (Å²) in [6.07, 6.45) is 6.17. The van der Waals surface area contributed by atoms with Gasteiger partial charge in [0.2, 0.25) is 9.84 Å². The average Bonchev–Trinajstić information content (AvgIpc) is 3.57. The molecule has 0 aliphatic carbocycles. The van der Waals surface area contributed by atoms with Gasteiger partial charge < -0.3 is 4.74 Å². The molecule has 0 atom stereocenters. The predicted octanol–water partition coefficient (Wildman–Crippen LogP) is 4.50. The molecule has 0 N–H and O–H groups in total. The molecule has 5 aromatic rings. The molecular weight excluding hydrogens is 505 g/mol. The van der Waals surface area contributed by atoms with Gasteiger partial charge in [0.25, 0.3) is 0 Å². The highest BCUT2D eigenvalue weighted by molar-refractivity contribution is 7.91. The first-order chi connectivity index (χ1) is 18.3. The normalized spacial score (nSPS) is 13.0. The molecule has 0 radical (unpaired) electrons. The standard InChI is InChI=1S/C28H24FN5O3S/c1-17-22(14-30-18(2)33-17)23-15-31-26(11-8-20-21-12-13-37-25(21)10-9-24(20)29)34-16-32-28(27(23)34)38(35,36)19-6-4-3-5-7-19/h3-7,9-10,14-16H,8,11-13H2,1-2H3. The minimum absolute atomic E-state index is 0.0810. The van der Waals surface area contributed by atoms with Crippen molar-refractivity contribution in [1.29, 1.82) is 0 Å². The van der Waals surface area contributed by atoms with Crippen molar-refractivity contribution in [3.63, 3.8) is 0 Å². The van der Waals surface area contributed by atoms with Crippen LogP contribution < -0.4 is 4.74 Å². The molecule has 0 spiro atoms. The smallest absolute Gasteiger partial charge is 0.226 e. The quantitative estimate of drug-likeness (QED) is 0.319. The van der Waals surface area contributed by atoms with Crippen molar-refractivity contribution >= 4 is 15.4 Å². The Labute approximate surface area is 219 Å². The van der Waals surface area contributed by atoms with E-state index < -0.39 is 9.84 Å². The van der Waals surface area contributed by atoms with Crippen LogP contribution in [0.4, 0.5) is 4.39 Å². The molecule has 2 aromatic carbocycles. The van der Waals surface area contributed by atoms with E-state index in [0.717, 1.165) is 5.56 Å². The highest BCUT2D eigenvalue weighted by atomic mass is 32.2. The summed E-state index contributed by atoms with van der Waals surface area (Å²) in [6, 6.07) is 11.3. The van der Waals surface area contributed by atoms with E-state index in [1.807, 2.05) is 6.92 Å². The molecule has 4 heterocycles. The monoisotopic (exact) mass is 529 g/mol. The van der Waals surface area contributed by atoms with Crippen LogP contribution in [0.2, 0.25) is 0 Å². The fourth-order valence-electron chi connectivity index (χ4n) is 5.00. The maximum absolute atomic E-state index is 14.8. The van der Waals surface area contributed by atoms with E-state index in [2.05, 4.69) is 19.9 Å². The van der Waals surface area contributed by atoms with E-state index in [9.17, 15) is 12.8 Å². The molecule has 0 amide bonds. The number of aromatic nitrogens is 5. The van der Waals surface area contributed by atoms with Gasteiger partial charge in [-0.2, -0.15) is 0 Å². The van der Waals surface area contributed by atoms with E-state index in [1.54, 1.807) is 60.1 Å². The number of hydrogen-bond acceptors (Lipinski definition) is 7. The fourth-order valence-corrected chi connectivity index (χ4v) is 6.38. The Morgan fingerprint density at radius 3 is 2.55 bits per heavy atom. The van der Waals surface area contributed by atoms with Gasteiger partial charge in [0.1, 0.15) is 29.5 Å². The van der Waals surface area contributed by atoms with Crippen molar-refractivity contribution in [1.82, 2.24) is 24.3 Å². The SMILES string of the molecule is Cc1ncc(-c2cnc(CCc3c(F)ccc4c3CCO4)n3cnc(S(=O)(=O)c4ccccc4)c23)c(C)n1. The van der Waals surface area contributed by atoms with Crippen molar-refractivity contribution in [3.8, 4) is 16.9 Å².